The summed E-state index contributed by atoms with van der Waals surface area (Å²) in [5, 5.41) is 7.49. The summed E-state index contributed by atoms with van der Waals surface area (Å²) in [6.45, 7) is 4.09. The molecule has 2 heterocycles. The van der Waals surface area contributed by atoms with Crippen LogP contribution in [-0.4, -0.2) is 11.8 Å². The molecule has 30 heavy (non-hydrogen) atoms. The van der Waals surface area contributed by atoms with Crippen LogP contribution in [0.4, 0.5) is 11.4 Å². The molecule has 4 rings (SSSR count). The van der Waals surface area contributed by atoms with Gasteiger partial charge in [-0.25, -0.2) is 0 Å². The lowest BCUT2D eigenvalue weighted by Gasteiger charge is -2.07. The Bertz CT molecular complexity index is 1210. The van der Waals surface area contributed by atoms with Crippen molar-refractivity contribution in [2.24, 2.45) is 0 Å². The van der Waals surface area contributed by atoms with Gasteiger partial charge in [-0.3, -0.25) is 9.59 Å². The molecule has 0 spiro atoms. The van der Waals surface area contributed by atoms with Crippen molar-refractivity contribution in [3.05, 3.63) is 93.9 Å². The van der Waals surface area contributed by atoms with Crippen molar-refractivity contribution in [3.63, 3.8) is 0 Å². The minimum atomic E-state index is -0.355. The van der Waals surface area contributed by atoms with E-state index in [0.29, 0.717) is 22.0 Å². The quantitative estimate of drug-likeness (QED) is 0.411. The Kier molecular flexibility index (Phi) is 5.50. The normalized spacial score (nSPS) is 10.6. The number of anilines is 2. The average molecular weight is 417 g/mol. The van der Waals surface area contributed by atoms with Gasteiger partial charge in [-0.1, -0.05) is 24.3 Å². The van der Waals surface area contributed by atoms with E-state index in [1.807, 2.05) is 36.6 Å². The van der Waals surface area contributed by atoms with E-state index in [1.54, 1.807) is 42.5 Å². The van der Waals surface area contributed by atoms with E-state index in [0.717, 1.165) is 11.1 Å². The molecule has 0 aliphatic heterocycles. The molecule has 0 unspecified atom stereocenters. The summed E-state index contributed by atoms with van der Waals surface area (Å²) in [5.74, 6) is 0.320. The number of benzene rings is 2. The van der Waals surface area contributed by atoms with E-state index < -0.39 is 0 Å². The molecule has 0 aliphatic carbocycles. The monoisotopic (exact) mass is 416 g/mol. The molecule has 150 valence electrons. The van der Waals surface area contributed by atoms with E-state index in [-0.39, 0.29) is 17.6 Å². The van der Waals surface area contributed by atoms with Gasteiger partial charge in [0.15, 0.2) is 5.76 Å². The Morgan fingerprint density at radius 2 is 1.57 bits per heavy atom. The van der Waals surface area contributed by atoms with Crippen LogP contribution in [-0.2, 0) is 0 Å². The zero-order valence-corrected chi connectivity index (χ0v) is 17.4. The number of furan rings is 1. The minimum Gasteiger partial charge on any atom is -0.451 e. The molecule has 0 aliphatic rings. The van der Waals surface area contributed by atoms with Crippen molar-refractivity contribution in [2.75, 3.05) is 10.6 Å². The van der Waals surface area contributed by atoms with E-state index in [9.17, 15) is 9.59 Å². The third-order valence-corrected chi connectivity index (χ3v) is 5.61. The first-order chi connectivity index (χ1) is 14.5. The second-order valence-electron chi connectivity index (χ2n) is 6.93. The second kappa shape index (κ2) is 8.39. The standard InChI is InChI=1S/C24H20N2O3S/c1-15-8-9-17(13-16(15)2)20-10-11-21(29-20)23(27)25-18-5-3-6-19(14-18)26-24(28)22-7-4-12-30-22/h3-14H,1-2H3,(H,25,27)(H,26,28). The van der Waals surface area contributed by atoms with Crippen molar-refractivity contribution in [1.29, 1.82) is 0 Å². The Labute approximate surface area is 178 Å². The van der Waals surface area contributed by atoms with Crippen LogP contribution in [0, 0.1) is 13.8 Å². The maximum absolute atomic E-state index is 12.6. The van der Waals surface area contributed by atoms with E-state index in [1.165, 1.54) is 16.9 Å². The first kappa shape index (κ1) is 19.7. The molecule has 0 saturated carbocycles. The minimum absolute atomic E-state index is 0.183. The molecule has 5 nitrogen and oxygen atoms in total. The van der Waals surface area contributed by atoms with Gasteiger partial charge in [0.05, 0.1) is 4.88 Å². The van der Waals surface area contributed by atoms with Crippen LogP contribution in [0.1, 0.15) is 31.4 Å². The van der Waals surface area contributed by atoms with Crippen molar-refractivity contribution in [2.45, 2.75) is 13.8 Å². The zero-order chi connectivity index (χ0) is 21.1. The van der Waals surface area contributed by atoms with E-state index >= 15 is 0 Å². The van der Waals surface area contributed by atoms with Crippen LogP contribution in [0.25, 0.3) is 11.3 Å². The van der Waals surface area contributed by atoms with E-state index in [2.05, 4.69) is 17.6 Å². The lowest BCUT2D eigenvalue weighted by atomic mass is 10.1. The maximum atomic E-state index is 12.6. The average Bonchev–Trinajstić information content (AvgIpc) is 3.43. The number of hydrogen-bond donors (Lipinski definition) is 2. The van der Waals surface area contributed by atoms with Gasteiger partial charge in [0, 0.05) is 16.9 Å². The molecule has 0 bridgehead atoms. The van der Waals surface area contributed by atoms with Gasteiger partial charge in [-0.15, -0.1) is 11.3 Å². The molecule has 2 amide bonds. The number of carbonyl (C=O) groups excluding carboxylic acids is 2. The van der Waals surface area contributed by atoms with Crippen molar-refractivity contribution < 1.29 is 14.0 Å². The zero-order valence-electron chi connectivity index (χ0n) is 16.6. The predicted molar refractivity (Wildman–Crippen MR) is 120 cm³/mol. The third-order valence-electron chi connectivity index (χ3n) is 4.74. The highest BCUT2D eigenvalue weighted by Gasteiger charge is 2.14. The number of amides is 2. The van der Waals surface area contributed by atoms with Crippen LogP contribution in [0.2, 0.25) is 0 Å². The fourth-order valence-electron chi connectivity index (χ4n) is 2.98. The summed E-state index contributed by atoms with van der Waals surface area (Å²) >= 11 is 1.37. The van der Waals surface area contributed by atoms with Gasteiger partial charge in [0.2, 0.25) is 0 Å². The number of nitrogens with one attached hydrogen (secondary N) is 2. The number of carbonyl (C=O) groups is 2. The summed E-state index contributed by atoms with van der Waals surface area (Å²) in [7, 11) is 0. The van der Waals surface area contributed by atoms with Gasteiger partial charge < -0.3 is 15.1 Å². The number of rotatable bonds is 5. The highest BCUT2D eigenvalue weighted by Crippen LogP contribution is 2.25. The van der Waals surface area contributed by atoms with Crippen LogP contribution < -0.4 is 10.6 Å². The van der Waals surface area contributed by atoms with Crippen LogP contribution in [0.3, 0.4) is 0 Å². The Morgan fingerprint density at radius 3 is 2.27 bits per heavy atom. The molecule has 2 aromatic heterocycles. The SMILES string of the molecule is Cc1ccc(-c2ccc(C(=O)Nc3cccc(NC(=O)c4cccs4)c3)o2)cc1C. The highest BCUT2D eigenvalue weighted by molar-refractivity contribution is 7.12. The first-order valence-corrected chi connectivity index (χ1v) is 10.3. The fraction of sp³-hybridized carbons (Fsp3) is 0.0833. The molecule has 4 aromatic rings. The first-order valence-electron chi connectivity index (χ1n) is 9.43. The summed E-state index contributed by atoms with van der Waals surface area (Å²) in [6, 6.07) is 20.1. The Balaban J connectivity index is 1.46. The smallest absolute Gasteiger partial charge is 0.291 e. The topological polar surface area (TPSA) is 71.3 Å². The van der Waals surface area contributed by atoms with Crippen molar-refractivity contribution in [1.82, 2.24) is 0 Å². The molecular formula is C24H20N2O3S. The van der Waals surface area contributed by atoms with Gasteiger partial charge >= 0.3 is 0 Å². The number of aryl methyl sites for hydroxylation is 2. The lowest BCUT2D eigenvalue weighted by molar-refractivity contribution is 0.0996. The molecule has 0 fully saturated rings. The molecule has 0 atom stereocenters. The third kappa shape index (κ3) is 4.34. The van der Waals surface area contributed by atoms with E-state index in [4.69, 9.17) is 4.42 Å². The molecular weight excluding hydrogens is 396 g/mol. The van der Waals surface area contributed by atoms with Crippen molar-refractivity contribution in [3.8, 4) is 11.3 Å². The van der Waals surface area contributed by atoms with Crippen LogP contribution >= 0.6 is 11.3 Å². The molecule has 2 N–H and O–H groups in total. The maximum Gasteiger partial charge on any atom is 0.291 e. The summed E-state index contributed by atoms with van der Waals surface area (Å²) in [4.78, 5) is 25.4. The largest absolute Gasteiger partial charge is 0.451 e. The van der Waals surface area contributed by atoms with Gasteiger partial charge in [-0.05, 0) is 72.8 Å². The summed E-state index contributed by atoms with van der Waals surface area (Å²) < 4.78 is 5.76. The molecule has 0 radical (unpaired) electrons. The van der Waals surface area contributed by atoms with Gasteiger partial charge in [-0.2, -0.15) is 0 Å². The number of hydrogen-bond acceptors (Lipinski definition) is 4. The molecule has 2 aromatic carbocycles. The summed E-state index contributed by atoms with van der Waals surface area (Å²) in [5.41, 5.74) is 4.45. The van der Waals surface area contributed by atoms with Crippen LogP contribution in [0.15, 0.2) is 76.5 Å². The fourth-order valence-corrected chi connectivity index (χ4v) is 3.60. The molecule has 6 heteroatoms. The lowest BCUT2D eigenvalue weighted by Crippen LogP contribution is -2.12. The van der Waals surface area contributed by atoms with Crippen LogP contribution in [0.5, 0.6) is 0 Å². The summed E-state index contributed by atoms with van der Waals surface area (Å²) in [6.07, 6.45) is 0. The van der Waals surface area contributed by atoms with Crippen molar-refractivity contribution >= 4 is 34.5 Å². The predicted octanol–water partition coefficient (Wildman–Crippen LogP) is 6.13. The Morgan fingerprint density at radius 1 is 0.800 bits per heavy atom. The van der Waals surface area contributed by atoms with Gasteiger partial charge in [0.25, 0.3) is 11.8 Å². The highest BCUT2D eigenvalue weighted by atomic mass is 32.1. The Hall–Kier alpha value is -3.64. The molecule has 0 saturated heterocycles. The van der Waals surface area contributed by atoms with Gasteiger partial charge in [0.1, 0.15) is 5.76 Å². The number of thiophene rings is 1. The second-order valence-corrected chi connectivity index (χ2v) is 7.88.